The second-order valence-electron chi connectivity index (χ2n) is 8.49. The number of carbonyl (C=O) groups excluding carboxylic acids is 2. The van der Waals surface area contributed by atoms with Crippen LogP contribution in [0.1, 0.15) is 53.7 Å². The first kappa shape index (κ1) is 21.3. The van der Waals surface area contributed by atoms with Crippen LogP contribution in [0.15, 0.2) is 42.5 Å². The van der Waals surface area contributed by atoms with Crippen molar-refractivity contribution < 1.29 is 18.4 Å². The van der Waals surface area contributed by atoms with Gasteiger partial charge in [-0.2, -0.15) is 0 Å². The summed E-state index contributed by atoms with van der Waals surface area (Å²) in [5.74, 6) is -0.599. The summed E-state index contributed by atoms with van der Waals surface area (Å²) in [6.07, 6.45) is 2.81. The molecule has 4 rings (SSSR count). The molecule has 0 aromatic heterocycles. The number of rotatable bonds is 3. The number of urea groups is 1. The zero-order chi connectivity index (χ0) is 22.0. The van der Waals surface area contributed by atoms with Crippen molar-refractivity contribution >= 4 is 11.9 Å². The summed E-state index contributed by atoms with van der Waals surface area (Å²) in [5, 5.41) is 6.07. The molecule has 1 aliphatic heterocycles. The summed E-state index contributed by atoms with van der Waals surface area (Å²) < 4.78 is 27.2. The second-order valence-corrected chi connectivity index (χ2v) is 8.49. The van der Waals surface area contributed by atoms with Crippen LogP contribution >= 0.6 is 0 Å². The lowest BCUT2D eigenvalue weighted by atomic mass is 9.80. The summed E-state index contributed by atoms with van der Waals surface area (Å²) in [7, 11) is 0. The average molecular weight is 427 g/mol. The van der Waals surface area contributed by atoms with Gasteiger partial charge in [0, 0.05) is 24.7 Å². The molecule has 1 saturated heterocycles. The third kappa shape index (κ3) is 4.70. The number of carbonyl (C=O) groups is 2. The molecule has 2 aromatic carbocycles. The molecule has 2 aromatic rings. The van der Waals surface area contributed by atoms with Crippen molar-refractivity contribution in [1.29, 1.82) is 0 Å². The molecule has 1 heterocycles. The van der Waals surface area contributed by atoms with Gasteiger partial charge >= 0.3 is 6.03 Å². The molecule has 7 heteroatoms. The molecule has 2 atom stereocenters. The highest BCUT2D eigenvalue weighted by atomic mass is 19.1. The highest BCUT2D eigenvalue weighted by Crippen LogP contribution is 2.35. The Morgan fingerprint density at radius 1 is 0.968 bits per heavy atom. The minimum atomic E-state index is -0.381. The molecule has 5 nitrogen and oxygen atoms in total. The fraction of sp³-hybridized carbons (Fsp3) is 0.417. The lowest BCUT2D eigenvalue weighted by Crippen LogP contribution is -2.50. The number of benzene rings is 2. The minimum Gasteiger partial charge on any atom is -0.349 e. The molecular weight excluding hydrogens is 400 g/mol. The zero-order valence-electron chi connectivity index (χ0n) is 17.5. The fourth-order valence-corrected chi connectivity index (χ4v) is 4.52. The predicted molar refractivity (Wildman–Crippen MR) is 114 cm³/mol. The van der Waals surface area contributed by atoms with E-state index in [4.69, 9.17) is 0 Å². The summed E-state index contributed by atoms with van der Waals surface area (Å²) >= 11 is 0. The van der Waals surface area contributed by atoms with Crippen LogP contribution in [-0.2, 0) is 6.42 Å². The Morgan fingerprint density at radius 2 is 1.68 bits per heavy atom. The van der Waals surface area contributed by atoms with Gasteiger partial charge in [-0.25, -0.2) is 13.6 Å². The normalized spacial score (nSPS) is 21.3. The van der Waals surface area contributed by atoms with Gasteiger partial charge in [0.1, 0.15) is 11.6 Å². The van der Waals surface area contributed by atoms with Crippen LogP contribution in [0.25, 0.3) is 0 Å². The van der Waals surface area contributed by atoms with Crippen LogP contribution in [0.2, 0.25) is 0 Å². The van der Waals surface area contributed by atoms with Gasteiger partial charge in [-0.05, 0) is 73.1 Å². The van der Waals surface area contributed by atoms with E-state index in [1.54, 1.807) is 11.0 Å². The number of halogens is 2. The van der Waals surface area contributed by atoms with Gasteiger partial charge in [-0.1, -0.05) is 19.1 Å². The van der Waals surface area contributed by atoms with Gasteiger partial charge in [-0.15, -0.1) is 0 Å². The van der Waals surface area contributed by atoms with E-state index in [1.807, 2.05) is 6.07 Å². The van der Waals surface area contributed by atoms with Gasteiger partial charge in [0.25, 0.3) is 5.91 Å². The predicted octanol–water partition coefficient (Wildman–Crippen LogP) is 4.19. The van der Waals surface area contributed by atoms with Gasteiger partial charge in [-0.3, -0.25) is 4.79 Å². The SMILES string of the molecule is CC1CCc2c(F)cccc2C1NC(=O)N1CCC(NC(=O)c2ccc(F)cc2)CC1. The van der Waals surface area contributed by atoms with Crippen LogP contribution in [0.5, 0.6) is 0 Å². The Hall–Kier alpha value is -2.96. The molecule has 2 unspecified atom stereocenters. The Bertz CT molecular complexity index is 956. The number of piperidine rings is 1. The molecule has 1 aliphatic carbocycles. The first-order chi connectivity index (χ1) is 14.9. The van der Waals surface area contributed by atoms with Gasteiger partial charge in [0.15, 0.2) is 0 Å². The van der Waals surface area contributed by atoms with Crippen LogP contribution in [0.3, 0.4) is 0 Å². The van der Waals surface area contributed by atoms with E-state index < -0.39 is 0 Å². The summed E-state index contributed by atoms with van der Waals surface area (Å²) in [6.45, 7) is 3.13. The van der Waals surface area contributed by atoms with Crippen LogP contribution in [0, 0.1) is 17.6 Å². The standard InChI is InChI=1S/C24H27F2N3O2/c1-15-5-10-19-20(3-2-4-21(19)26)22(15)28-24(31)29-13-11-18(12-14-29)27-23(30)16-6-8-17(25)9-7-16/h2-4,6-9,15,18,22H,5,10-14H2,1H3,(H,27,30)(H,28,31). The van der Waals surface area contributed by atoms with E-state index in [2.05, 4.69) is 17.6 Å². The second kappa shape index (κ2) is 9.04. The van der Waals surface area contributed by atoms with Crippen molar-refractivity contribution in [2.45, 2.75) is 44.7 Å². The quantitative estimate of drug-likeness (QED) is 0.772. The molecule has 0 bridgehead atoms. The molecule has 0 radical (unpaired) electrons. The van der Waals surface area contributed by atoms with Gasteiger partial charge in [0.05, 0.1) is 6.04 Å². The molecule has 2 N–H and O–H groups in total. The maximum absolute atomic E-state index is 14.2. The van der Waals surface area contributed by atoms with E-state index in [1.165, 1.54) is 30.3 Å². The van der Waals surface area contributed by atoms with Crippen molar-refractivity contribution in [2.75, 3.05) is 13.1 Å². The Labute approximate surface area is 180 Å². The van der Waals surface area contributed by atoms with Gasteiger partial charge < -0.3 is 15.5 Å². The van der Waals surface area contributed by atoms with Gasteiger partial charge in [0.2, 0.25) is 0 Å². The van der Waals surface area contributed by atoms with Crippen molar-refractivity contribution in [3.8, 4) is 0 Å². The molecule has 2 aliphatic rings. The number of amides is 3. The Balaban J connectivity index is 1.32. The summed E-state index contributed by atoms with van der Waals surface area (Å²) in [4.78, 5) is 27.0. The smallest absolute Gasteiger partial charge is 0.317 e. The lowest BCUT2D eigenvalue weighted by molar-refractivity contribution is 0.0917. The van der Waals surface area contributed by atoms with Crippen LogP contribution in [-0.4, -0.2) is 36.0 Å². The fourth-order valence-electron chi connectivity index (χ4n) is 4.52. The molecular formula is C24H27F2N3O2. The van der Waals surface area contributed by atoms with E-state index in [0.29, 0.717) is 43.5 Å². The number of hydrogen-bond acceptors (Lipinski definition) is 2. The van der Waals surface area contributed by atoms with E-state index in [-0.39, 0.29) is 41.6 Å². The van der Waals surface area contributed by atoms with Crippen LogP contribution < -0.4 is 10.6 Å². The van der Waals surface area contributed by atoms with Crippen molar-refractivity contribution in [3.05, 3.63) is 70.8 Å². The van der Waals surface area contributed by atoms with E-state index in [0.717, 1.165) is 12.0 Å². The summed E-state index contributed by atoms with van der Waals surface area (Å²) in [6, 6.07) is 10.1. The number of hydrogen-bond donors (Lipinski definition) is 2. The maximum atomic E-state index is 14.2. The largest absolute Gasteiger partial charge is 0.349 e. The van der Waals surface area contributed by atoms with Crippen molar-refractivity contribution in [2.24, 2.45) is 5.92 Å². The number of nitrogens with zero attached hydrogens (tertiary/aromatic N) is 1. The average Bonchev–Trinajstić information content (AvgIpc) is 2.77. The maximum Gasteiger partial charge on any atom is 0.317 e. The molecule has 3 amide bonds. The monoisotopic (exact) mass is 427 g/mol. The first-order valence-corrected chi connectivity index (χ1v) is 10.8. The third-order valence-corrected chi connectivity index (χ3v) is 6.41. The summed E-state index contributed by atoms with van der Waals surface area (Å²) in [5.41, 5.74) is 1.99. The highest BCUT2D eigenvalue weighted by molar-refractivity contribution is 5.94. The number of likely N-dealkylation sites (tertiary alicyclic amines) is 1. The number of fused-ring (bicyclic) bond motifs is 1. The lowest BCUT2D eigenvalue weighted by Gasteiger charge is -2.36. The van der Waals surface area contributed by atoms with Crippen molar-refractivity contribution in [1.82, 2.24) is 15.5 Å². The topological polar surface area (TPSA) is 61.4 Å². The van der Waals surface area contributed by atoms with Crippen LogP contribution in [0.4, 0.5) is 13.6 Å². The number of nitrogens with one attached hydrogen (secondary N) is 2. The molecule has 0 saturated carbocycles. The molecule has 31 heavy (non-hydrogen) atoms. The highest BCUT2D eigenvalue weighted by Gasteiger charge is 2.32. The zero-order valence-corrected chi connectivity index (χ0v) is 17.5. The van der Waals surface area contributed by atoms with E-state index in [9.17, 15) is 18.4 Å². The third-order valence-electron chi connectivity index (χ3n) is 6.41. The van der Waals surface area contributed by atoms with Crippen molar-refractivity contribution in [3.63, 3.8) is 0 Å². The molecule has 1 fully saturated rings. The Kier molecular flexibility index (Phi) is 6.20. The molecule has 164 valence electrons. The van der Waals surface area contributed by atoms with E-state index >= 15 is 0 Å². The first-order valence-electron chi connectivity index (χ1n) is 10.8. The minimum absolute atomic E-state index is 0.0370. The Morgan fingerprint density at radius 3 is 2.39 bits per heavy atom. The molecule has 0 spiro atoms.